The van der Waals surface area contributed by atoms with Gasteiger partial charge in [-0.25, -0.2) is 4.98 Å². The van der Waals surface area contributed by atoms with E-state index < -0.39 is 0 Å². The number of para-hydroxylation sites is 1. The Morgan fingerprint density at radius 1 is 1.43 bits per heavy atom. The summed E-state index contributed by atoms with van der Waals surface area (Å²) < 4.78 is 5.53. The number of aliphatic imine (C=N–C) groups is 1. The summed E-state index contributed by atoms with van der Waals surface area (Å²) in [4.78, 5) is 20.7. The van der Waals surface area contributed by atoms with E-state index in [4.69, 9.17) is 4.74 Å². The first-order chi connectivity index (χ1) is 10.3. The minimum absolute atomic E-state index is 0.0546. The van der Waals surface area contributed by atoms with Gasteiger partial charge in [-0.3, -0.25) is 9.79 Å². The van der Waals surface area contributed by atoms with E-state index in [1.165, 1.54) is 11.3 Å². The number of carbonyl (C=O) groups is 1. The van der Waals surface area contributed by atoms with Crippen molar-refractivity contribution in [2.45, 2.75) is 12.8 Å². The highest BCUT2D eigenvalue weighted by Gasteiger charge is 2.06. The van der Waals surface area contributed by atoms with Crippen LogP contribution in [0, 0.1) is 0 Å². The molecule has 2 rings (SSSR count). The van der Waals surface area contributed by atoms with Crippen LogP contribution in [-0.4, -0.2) is 30.8 Å². The molecule has 5 nitrogen and oxygen atoms in total. The zero-order valence-corrected chi connectivity index (χ0v) is 12.6. The maximum Gasteiger partial charge on any atom is 0.226 e. The fraction of sp³-hybridized carbons (Fsp3) is 0.267. The number of rotatable bonds is 7. The zero-order valence-electron chi connectivity index (χ0n) is 11.8. The number of hydrogen-bond acceptors (Lipinski definition) is 5. The molecule has 0 radical (unpaired) electrons. The minimum Gasteiger partial charge on any atom is -0.494 e. The minimum atomic E-state index is -0.0546. The second-order valence-electron chi connectivity index (χ2n) is 4.27. The van der Waals surface area contributed by atoms with E-state index in [1.807, 2.05) is 30.3 Å². The average molecular weight is 303 g/mol. The molecule has 0 fully saturated rings. The third-order valence-electron chi connectivity index (χ3n) is 2.59. The summed E-state index contributed by atoms with van der Waals surface area (Å²) in [6.07, 6.45) is 4.46. The number of thiazole rings is 1. The van der Waals surface area contributed by atoms with Crippen LogP contribution in [0.1, 0.15) is 17.7 Å². The summed E-state index contributed by atoms with van der Waals surface area (Å²) >= 11 is 1.40. The van der Waals surface area contributed by atoms with E-state index >= 15 is 0 Å². The van der Waals surface area contributed by atoms with Gasteiger partial charge >= 0.3 is 0 Å². The third kappa shape index (κ3) is 5.35. The molecule has 0 atom stereocenters. The molecule has 0 aliphatic heterocycles. The van der Waals surface area contributed by atoms with Crippen molar-refractivity contribution < 1.29 is 9.53 Å². The fourth-order valence-corrected chi connectivity index (χ4v) is 2.41. The van der Waals surface area contributed by atoms with Crippen molar-refractivity contribution in [1.82, 2.24) is 4.98 Å². The van der Waals surface area contributed by atoms with Crippen LogP contribution < -0.4 is 10.1 Å². The molecular formula is C15H17N3O2S. The van der Waals surface area contributed by atoms with Crippen molar-refractivity contribution in [3.05, 3.63) is 41.4 Å². The molecule has 1 heterocycles. The van der Waals surface area contributed by atoms with E-state index in [2.05, 4.69) is 15.3 Å². The number of hydrogen-bond donors (Lipinski definition) is 1. The van der Waals surface area contributed by atoms with E-state index in [9.17, 15) is 4.79 Å². The first kappa shape index (κ1) is 15.2. The van der Waals surface area contributed by atoms with Crippen LogP contribution in [0.5, 0.6) is 5.75 Å². The van der Waals surface area contributed by atoms with Gasteiger partial charge in [-0.15, -0.1) is 0 Å². The summed E-state index contributed by atoms with van der Waals surface area (Å²) in [7, 11) is 1.70. The van der Waals surface area contributed by atoms with Crippen molar-refractivity contribution >= 4 is 28.6 Å². The number of carbonyl (C=O) groups excluding carboxylic acids is 1. The fourth-order valence-electron chi connectivity index (χ4n) is 1.65. The maximum atomic E-state index is 11.8. The van der Waals surface area contributed by atoms with Crippen LogP contribution in [0.4, 0.5) is 5.13 Å². The van der Waals surface area contributed by atoms with Crippen LogP contribution in [0.15, 0.2) is 41.5 Å². The highest BCUT2D eigenvalue weighted by molar-refractivity contribution is 7.17. The Morgan fingerprint density at radius 3 is 3.00 bits per heavy atom. The number of anilines is 1. The summed E-state index contributed by atoms with van der Waals surface area (Å²) in [6.45, 7) is 0.517. The van der Waals surface area contributed by atoms with Gasteiger partial charge < -0.3 is 10.1 Å². The molecule has 6 heteroatoms. The number of amides is 1. The highest BCUT2D eigenvalue weighted by atomic mass is 32.1. The first-order valence-electron chi connectivity index (χ1n) is 6.63. The molecule has 0 aliphatic rings. The van der Waals surface area contributed by atoms with Gasteiger partial charge in [0.2, 0.25) is 5.91 Å². The molecule has 0 unspecified atom stereocenters. The number of ether oxygens (including phenoxy) is 1. The Bertz CT molecular complexity index is 596. The van der Waals surface area contributed by atoms with Crippen molar-refractivity contribution in [3.63, 3.8) is 0 Å². The van der Waals surface area contributed by atoms with Gasteiger partial charge in [0.05, 0.1) is 11.5 Å². The van der Waals surface area contributed by atoms with Crippen LogP contribution in [-0.2, 0) is 4.79 Å². The van der Waals surface area contributed by atoms with Crippen LogP contribution in [0.25, 0.3) is 0 Å². The monoisotopic (exact) mass is 303 g/mol. The van der Waals surface area contributed by atoms with E-state index in [-0.39, 0.29) is 5.91 Å². The Kier molecular flexibility index (Phi) is 5.90. The van der Waals surface area contributed by atoms with Gasteiger partial charge in [0.15, 0.2) is 5.13 Å². The molecule has 0 saturated heterocycles. The van der Waals surface area contributed by atoms with Crippen LogP contribution in [0.3, 0.4) is 0 Å². The second kappa shape index (κ2) is 8.16. The Labute approximate surface area is 127 Å². The lowest BCUT2D eigenvalue weighted by Crippen LogP contribution is -2.12. The summed E-state index contributed by atoms with van der Waals surface area (Å²) in [5.74, 6) is 0.766. The first-order valence-corrected chi connectivity index (χ1v) is 7.45. The van der Waals surface area contributed by atoms with Gasteiger partial charge in [0.25, 0.3) is 0 Å². The number of aromatic nitrogens is 1. The second-order valence-corrected chi connectivity index (χ2v) is 5.33. The predicted molar refractivity (Wildman–Crippen MR) is 85.4 cm³/mol. The Hall–Kier alpha value is -2.21. The standard InChI is InChI=1S/C15H17N3O2S/c1-16-10-13-11-17-15(21-13)18-14(19)8-5-9-20-12-6-3-2-4-7-12/h2-4,6-7,10-11H,5,8-9H2,1H3,(H,17,18,19). The predicted octanol–water partition coefficient (Wildman–Crippen LogP) is 2.99. The molecule has 1 aromatic carbocycles. The quantitative estimate of drug-likeness (QED) is 0.632. The lowest BCUT2D eigenvalue weighted by Gasteiger charge is -2.05. The topological polar surface area (TPSA) is 63.6 Å². The van der Waals surface area contributed by atoms with Crippen molar-refractivity contribution in [2.24, 2.45) is 4.99 Å². The molecule has 0 spiro atoms. The summed E-state index contributed by atoms with van der Waals surface area (Å²) in [6, 6.07) is 9.56. The molecule has 110 valence electrons. The van der Waals surface area contributed by atoms with Crippen LogP contribution in [0.2, 0.25) is 0 Å². The molecular weight excluding hydrogens is 286 g/mol. The van der Waals surface area contributed by atoms with E-state index in [0.29, 0.717) is 24.6 Å². The summed E-state index contributed by atoms with van der Waals surface area (Å²) in [5, 5.41) is 3.37. The third-order valence-corrected chi connectivity index (χ3v) is 3.43. The van der Waals surface area contributed by atoms with Gasteiger partial charge in [0, 0.05) is 25.9 Å². The number of nitrogens with zero attached hydrogens (tertiary/aromatic N) is 2. The molecule has 0 aliphatic carbocycles. The molecule has 2 aromatic rings. The highest BCUT2D eigenvalue weighted by Crippen LogP contribution is 2.16. The molecule has 1 aromatic heterocycles. The van der Waals surface area contributed by atoms with Gasteiger partial charge in [-0.05, 0) is 18.6 Å². The van der Waals surface area contributed by atoms with Crippen LogP contribution >= 0.6 is 11.3 Å². The SMILES string of the molecule is CN=Cc1cnc(NC(=O)CCCOc2ccccc2)s1. The Morgan fingerprint density at radius 2 is 2.24 bits per heavy atom. The molecule has 21 heavy (non-hydrogen) atoms. The van der Waals surface area contributed by atoms with Crippen molar-refractivity contribution in [3.8, 4) is 5.75 Å². The van der Waals surface area contributed by atoms with Gasteiger partial charge in [-0.2, -0.15) is 0 Å². The lowest BCUT2D eigenvalue weighted by atomic mass is 10.3. The molecule has 1 amide bonds. The number of benzene rings is 1. The largest absolute Gasteiger partial charge is 0.494 e. The molecule has 0 bridgehead atoms. The molecule has 1 N–H and O–H groups in total. The van der Waals surface area contributed by atoms with Gasteiger partial charge in [0.1, 0.15) is 5.75 Å². The van der Waals surface area contributed by atoms with E-state index in [1.54, 1.807) is 19.5 Å². The molecule has 0 saturated carbocycles. The van der Waals surface area contributed by atoms with Crippen molar-refractivity contribution in [1.29, 1.82) is 0 Å². The summed E-state index contributed by atoms with van der Waals surface area (Å²) in [5.41, 5.74) is 0. The zero-order chi connectivity index (χ0) is 14.9. The maximum absolute atomic E-state index is 11.8. The Balaban J connectivity index is 1.67. The normalized spacial score (nSPS) is 10.7. The lowest BCUT2D eigenvalue weighted by molar-refractivity contribution is -0.116. The van der Waals surface area contributed by atoms with E-state index in [0.717, 1.165) is 10.6 Å². The average Bonchev–Trinajstić information content (AvgIpc) is 2.92. The smallest absolute Gasteiger partial charge is 0.226 e. The van der Waals surface area contributed by atoms with Crippen molar-refractivity contribution in [2.75, 3.05) is 19.0 Å². The van der Waals surface area contributed by atoms with Gasteiger partial charge in [-0.1, -0.05) is 29.5 Å². The number of nitrogens with one attached hydrogen (secondary N) is 1.